The van der Waals surface area contributed by atoms with E-state index in [1.54, 1.807) is 0 Å². The molecule has 26 heavy (non-hydrogen) atoms. The molecule has 0 bridgehead atoms. The third kappa shape index (κ3) is 4.58. The van der Waals surface area contributed by atoms with Crippen molar-refractivity contribution in [2.75, 3.05) is 5.32 Å². The van der Waals surface area contributed by atoms with E-state index in [1.165, 1.54) is 23.6 Å². The Hall–Kier alpha value is -2.92. The lowest BCUT2D eigenvalue weighted by molar-refractivity contribution is -0.114. The molecule has 0 spiro atoms. The predicted molar refractivity (Wildman–Crippen MR) is 105 cm³/mol. The van der Waals surface area contributed by atoms with Crippen LogP contribution in [-0.4, -0.2) is 15.7 Å². The number of aryl methyl sites for hydroxylation is 1. The van der Waals surface area contributed by atoms with Crippen LogP contribution in [0, 0.1) is 0 Å². The number of rotatable bonds is 6. The van der Waals surface area contributed by atoms with Gasteiger partial charge in [-0.25, -0.2) is 0 Å². The summed E-state index contributed by atoms with van der Waals surface area (Å²) in [5.74, 6) is -0.0579. The lowest BCUT2D eigenvalue weighted by Gasteiger charge is -2.15. The summed E-state index contributed by atoms with van der Waals surface area (Å²) >= 11 is 0. The first-order valence-corrected chi connectivity index (χ1v) is 8.70. The molecule has 0 aliphatic heterocycles. The van der Waals surface area contributed by atoms with Gasteiger partial charge in [-0.3, -0.25) is 9.48 Å². The van der Waals surface area contributed by atoms with E-state index in [2.05, 4.69) is 46.9 Å². The molecule has 0 saturated carbocycles. The van der Waals surface area contributed by atoms with Crippen LogP contribution >= 0.6 is 0 Å². The largest absolute Gasteiger partial charge is 0.326 e. The lowest BCUT2D eigenvalue weighted by atomic mass is 10.0. The highest BCUT2D eigenvalue weighted by atomic mass is 16.1. The maximum absolute atomic E-state index is 11.1. The van der Waals surface area contributed by atoms with Crippen LogP contribution in [-0.2, 0) is 18.4 Å². The van der Waals surface area contributed by atoms with Gasteiger partial charge in [-0.15, -0.1) is 0 Å². The first-order chi connectivity index (χ1) is 12.5. The molecule has 1 atom stereocenters. The number of carbonyl (C=O) groups excluding carboxylic acids is 1. The fourth-order valence-corrected chi connectivity index (χ4v) is 2.88. The Morgan fingerprint density at radius 2 is 1.92 bits per heavy atom. The fourth-order valence-electron chi connectivity index (χ4n) is 2.88. The van der Waals surface area contributed by atoms with Crippen molar-refractivity contribution in [3.63, 3.8) is 0 Å². The smallest absolute Gasteiger partial charge is 0.221 e. The molecule has 0 radical (unpaired) electrons. The third-order valence-electron chi connectivity index (χ3n) is 4.31. The molecule has 3 rings (SSSR count). The van der Waals surface area contributed by atoms with Gasteiger partial charge in [0.2, 0.25) is 5.91 Å². The molecule has 1 aromatic heterocycles. The van der Waals surface area contributed by atoms with Crippen LogP contribution < -0.4 is 10.6 Å². The van der Waals surface area contributed by atoms with Crippen molar-refractivity contribution in [2.24, 2.45) is 7.05 Å². The van der Waals surface area contributed by atoms with E-state index in [-0.39, 0.29) is 11.9 Å². The predicted octanol–water partition coefficient (Wildman–Crippen LogP) is 3.90. The maximum Gasteiger partial charge on any atom is 0.221 e. The minimum absolute atomic E-state index is 0.0579. The second kappa shape index (κ2) is 7.97. The Kier molecular flexibility index (Phi) is 5.49. The standard InChI is InChI=1S/C21H24N4O/c1-15(18-7-9-21(10-8-18)24-16(2)26)22-12-17-5-4-6-19(11-17)20-13-23-25(3)14-20/h4-11,13-15,22H,12H2,1-3H3,(H,24,26). The molecule has 0 fully saturated rings. The Morgan fingerprint density at radius 3 is 2.58 bits per heavy atom. The van der Waals surface area contributed by atoms with Gasteiger partial charge >= 0.3 is 0 Å². The van der Waals surface area contributed by atoms with E-state index in [4.69, 9.17) is 0 Å². The van der Waals surface area contributed by atoms with E-state index in [0.29, 0.717) is 0 Å². The summed E-state index contributed by atoms with van der Waals surface area (Å²) in [5.41, 5.74) is 5.52. The fraction of sp³-hybridized carbons (Fsp3) is 0.238. The van der Waals surface area contributed by atoms with Gasteiger partial charge in [0.25, 0.3) is 0 Å². The van der Waals surface area contributed by atoms with Gasteiger partial charge in [-0.1, -0.05) is 30.3 Å². The monoisotopic (exact) mass is 348 g/mol. The van der Waals surface area contributed by atoms with Crippen molar-refractivity contribution in [3.8, 4) is 11.1 Å². The van der Waals surface area contributed by atoms with Gasteiger partial charge in [0.05, 0.1) is 6.20 Å². The van der Waals surface area contributed by atoms with Crippen LogP contribution in [0.3, 0.4) is 0 Å². The van der Waals surface area contributed by atoms with Gasteiger partial charge in [-0.05, 0) is 41.8 Å². The number of aromatic nitrogens is 2. The molecule has 5 heteroatoms. The zero-order valence-electron chi connectivity index (χ0n) is 15.4. The third-order valence-corrected chi connectivity index (χ3v) is 4.31. The van der Waals surface area contributed by atoms with Crippen LogP contribution in [0.1, 0.15) is 31.0 Å². The summed E-state index contributed by atoms with van der Waals surface area (Å²) in [4.78, 5) is 11.1. The van der Waals surface area contributed by atoms with Gasteiger partial charge < -0.3 is 10.6 Å². The molecular weight excluding hydrogens is 324 g/mol. The number of nitrogens with zero attached hydrogens (tertiary/aromatic N) is 2. The Bertz CT molecular complexity index is 883. The zero-order valence-corrected chi connectivity index (χ0v) is 15.4. The van der Waals surface area contributed by atoms with E-state index in [9.17, 15) is 4.79 Å². The van der Waals surface area contributed by atoms with Crippen LogP contribution in [0.2, 0.25) is 0 Å². The highest BCUT2D eigenvalue weighted by Gasteiger charge is 2.07. The molecule has 0 saturated heterocycles. The van der Waals surface area contributed by atoms with Gasteiger partial charge in [-0.2, -0.15) is 5.10 Å². The average molecular weight is 348 g/mol. The Labute approximate surface area is 154 Å². The summed E-state index contributed by atoms with van der Waals surface area (Å²) in [7, 11) is 1.92. The van der Waals surface area contributed by atoms with Crippen molar-refractivity contribution in [1.82, 2.24) is 15.1 Å². The summed E-state index contributed by atoms with van der Waals surface area (Å²) in [6.07, 6.45) is 3.90. The van der Waals surface area contributed by atoms with Crippen molar-refractivity contribution in [1.29, 1.82) is 0 Å². The van der Waals surface area contributed by atoms with Gasteiger partial charge in [0.1, 0.15) is 0 Å². The summed E-state index contributed by atoms with van der Waals surface area (Å²) in [6, 6.07) is 16.6. The van der Waals surface area contributed by atoms with Crippen molar-refractivity contribution in [2.45, 2.75) is 26.4 Å². The summed E-state index contributed by atoms with van der Waals surface area (Å²) in [5, 5.41) is 10.6. The molecule has 134 valence electrons. The maximum atomic E-state index is 11.1. The number of anilines is 1. The highest BCUT2D eigenvalue weighted by molar-refractivity contribution is 5.88. The molecule has 1 unspecified atom stereocenters. The van der Waals surface area contributed by atoms with Gasteiger partial charge in [0.15, 0.2) is 0 Å². The quantitative estimate of drug-likeness (QED) is 0.710. The number of hydrogen-bond donors (Lipinski definition) is 2. The number of carbonyl (C=O) groups is 1. The van der Waals surface area contributed by atoms with E-state index >= 15 is 0 Å². The number of nitrogens with one attached hydrogen (secondary N) is 2. The van der Waals surface area contributed by atoms with Crippen LogP contribution in [0.25, 0.3) is 11.1 Å². The normalized spacial score (nSPS) is 12.0. The van der Waals surface area contributed by atoms with E-state index in [0.717, 1.165) is 17.8 Å². The molecule has 1 amide bonds. The Morgan fingerprint density at radius 1 is 1.15 bits per heavy atom. The molecule has 2 N–H and O–H groups in total. The molecule has 0 aliphatic rings. The van der Waals surface area contributed by atoms with Crippen LogP contribution in [0.4, 0.5) is 5.69 Å². The molecule has 5 nitrogen and oxygen atoms in total. The first kappa shape index (κ1) is 17.9. The SMILES string of the molecule is CC(=O)Nc1ccc(C(C)NCc2cccc(-c3cnn(C)c3)c2)cc1. The highest BCUT2D eigenvalue weighted by Crippen LogP contribution is 2.21. The molecule has 1 heterocycles. The number of amides is 1. The average Bonchev–Trinajstić information content (AvgIpc) is 3.06. The zero-order chi connectivity index (χ0) is 18.5. The second-order valence-corrected chi connectivity index (χ2v) is 6.51. The minimum atomic E-state index is -0.0579. The lowest BCUT2D eigenvalue weighted by Crippen LogP contribution is -2.18. The van der Waals surface area contributed by atoms with E-state index in [1.807, 2.05) is 48.4 Å². The molecule has 3 aromatic rings. The van der Waals surface area contributed by atoms with Crippen molar-refractivity contribution >= 4 is 11.6 Å². The van der Waals surface area contributed by atoms with Crippen LogP contribution in [0.5, 0.6) is 0 Å². The van der Waals surface area contributed by atoms with Crippen molar-refractivity contribution in [3.05, 3.63) is 72.1 Å². The second-order valence-electron chi connectivity index (χ2n) is 6.51. The Balaban J connectivity index is 1.62. The van der Waals surface area contributed by atoms with E-state index < -0.39 is 0 Å². The van der Waals surface area contributed by atoms with Gasteiger partial charge in [0, 0.05) is 44.0 Å². The first-order valence-electron chi connectivity index (χ1n) is 8.70. The number of hydrogen-bond acceptors (Lipinski definition) is 3. The molecular formula is C21H24N4O. The summed E-state index contributed by atoms with van der Waals surface area (Å²) < 4.78 is 1.81. The minimum Gasteiger partial charge on any atom is -0.326 e. The molecule has 2 aromatic carbocycles. The molecule has 0 aliphatic carbocycles. The van der Waals surface area contributed by atoms with Crippen LogP contribution in [0.15, 0.2) is 60.9 Å². The summed E-state index contributed by atoms with van der Waals surface area (Å²) in [6.45, 7) is 4.43. The topological polar surface area (TPSA) is 59.0 Å². The number of benzene rings is 2. The van der Waals surface area contributed by atoms with Crippen molar-refractivity contribution < 1.29 is 4.79 Å².